The molecule has 0 atom stereocenters. The number of carbonyl (C=O) groups excluding carboxylic acids is 1. The minimum Gasteiger partial charge on any atom is -0.444 e. The molecule has 9 nitrogen and oxygen atoms in total. The maximum absolute atomic E-state index is 15.0. The van der Waals surface area contributed by atoms with Crippen molar-refractivity contribution in [1.29, 1.82) is 0 Å². The summed E-state index contributed by atoms with van der Waals surface area (Å²) < 4.78 is 23.7. The molecule has 0 saturated carbocycles. The number of carbonyl (C=O) groups is 1. The lowest BCUT2D eigenvalue weighted by Crippen LogP contribution is -2.41. The molecule has 4 aromatic heterocycles. The summed E-state index contributed by atoms with van der Waals surface area (Å²) in [5.41, 5.74) is 3.50. The molecule has 0 spiro atoms. The predicted molar refractivity (Wildman–Crippen MR) is 124 cm³/mol. The average molecular weight is 466 g/mol. The molecule has 0 unspecified atom stereocenters. The van der Waals surface area contributed by atoms with Crippen LogP contribution < -0.4 is 0 Å². The number of hydrogen-bond acceptors (Lipinski definition) is 6. The number of halogens is 1. The monoisotopic (exact) mass is 465 g/mol. The number of fused-ring (bicyclic) bond motifs is 2. The molecule has 0 aromatic carbocycles. The average Bonchev–Trinajstić information content (AvgIpc) is 3.36. The number of aryl methyl sites for hydroxylation is 2. The Labute approximate surface area is 196 Å². The molecule has 178 valence electrons. The number of aromatic nitrogens is 6. The van der Waals surface area contributed by atoms with E-state index in [4.69, 9.17) is 4.74 Å². The highest BCUT2D eigenvalue weighted by Gasteiger charge is 2.29. The number of pyridine rings is 1. The number of likely N-dealkylation sites (tertiary alicyclic amines) is 1. The number of imidazole rings is 1. The number of rotatable bonds is 2. The molecule has 0 radical (unpaired) electrons. The van der Waals surface area contributed by atoms with Gasteiger partial charge in [-0.25, -0.2) is 28.2 Å². The molecule has 10 heteroatoms. The zero-order chi connectivity index (χ0) is 24.2. The number of amides is 1. The first-order chi connectivity index (χ1) is 16.1. The van der Waals surface area contributed by atoms with Crippen molar-refractivity contribution in [3.8, 4) is 11.3 Å². The van der Waals surface area contributed by atoms with Crippen LogP contribution in [-0.2, 0) is 4.74 Å². The minimum absolute atomic E-state index is 0.0482. The fourth-order valence-corrected chi connectivity index (χ4v) is 4.31. The quantitative estimate of drug-likeness (QED) is 0.438. The second kappa shape index (κ2) is 8.03. The lowest BCUT2D eigenvalue weighted by molar-refractivity contribution is 0.0203. The topological polar surface area (TPSA) is 89.9 Å². The van der Waals surface area contributed by atoms with Gasteiger partial charge in [0.15, 0.2) is 22.9 Å². The first kappa shape index (κ1) is 22.2. The fraction of sp³-hybridized carbons (Fsp3) is 0.458. The van der Waals surface area contributed by atoms with E-state index in [0.29, 0.717) is 43.0 Å². The fourth-order valence-electron chi connectivity index (χ4n) is 4.31. The maximum atomic E-state index is 15.0. The Balaban J connectivity index is 1.39. The summed E-state index contributed by atoms with van der Waals surface area (Å²) in [5.74, 6) is 0.181. The van der Waals surface area contributed by atoms with Crippen LogP contribution in [0.1, 0.15) is 56.6 Å². The number of nitrogens with zero attached hydrogens (tertiary/aromatic N) is 7. The second-order valence-electron chi connectivity index (χ2n) is 9.92. The van der Waals surface area contributed by atoms with Gasteiger partial charge in [0.1, 0.15) is 5.60 Å². The third kappa shape index (κ3) is 4.20. The van der Waals surface area contributed by atoms with Gasteiger partial charge < -0.3 is 9.64 Å². The van der Waals surface area contributed by atoms with Crippen molar-refractivity contribution in [3.63, 3.8) is 0 Å². The van der Waals surface area contributed by atoms with Crippen LogP contribution in [0.15, 0.2) is 24.5 Å². The largest absolute Gasteiger partial charge is 0.444 e. The highest BCUT2D eigenvalue weighted by molar-refractivity contribution is 5.68. The second-order valence-corrected chi connectivity index (χ2v) is 9.92. The van der Waals surface area contributed by atoms with Crippen molar-refractivity contribution < 1.29 is 13.9 Å². The van der Waals surface area contributed by atoms with Crippen molar-refractivity contribution in [2.45, 2.75) is 59.0 Å². The Morgan fingerprint density at radius 3 is 2.44 bits per heavy atom. The first-order valence-electron chi connectivity index (χ1n) is 11.4. The number of piperidine rings is 1. The van der Waals surface area contributed by atoms with E-state index < -0.39 is 11.4 Å². The Kier molecular flexibility index (Phi) is 5.26. The molecular formula is C24H28FN7O2. The Morgan fingerprint density at radius 2 is 1.74 bits per heavy atom. The van der Waals surface area contributed by atoms with E-state index in [1.54, 1.807) is 15.6 Å². The van der Waals surface area contributed by atoms with Crippen LogP contribution in [-0.4, -0.2) is 58.9 Å². The van der Waals surface area contributed by atoms with Crippen LogP contribution in [0.25, 0.3) is 22.6 Å². The Bertz CT molecular complexity index is 1390. The van der Waals surface area contributed by atoms with E-state index in [-0.39, 0.29) is 17.7 Å². The van der Waals surface area contributed by atoms with E-state index in [2.05, 4.69) is 20.2 Å². The molecule has 1 aliphatic heterocycles. The molecular weight excluding hydrogens is 437 g/mol. The van der Waals surface area contributed by atoms with Crippen molar-refractivity contribution in [3.05, 3.63) is 47.4 Å². The predicted octanol–water partition coefficient (Wildman–Crippen LogP) is 4.31. The zero-order valence-corrected chi connectivity index (χ0v) is 20.0. The molecule has 0 aliphatic carbocycles. The van der Waals surface area contributed by atoms with Crippen molar-refractivity contribution >= 4 is 17.4 Å². The molecule has 0 bridgehead atoms. The molecule has 1 amide bonds. The third-order valence-corrected chi connectivity index (χ3v) is 5.94. The number of ether oxygens (including phenoxy) is 1. The summed E-state index contributed by atoms with van der Waals surface area (Å²) in [5, 5.41) is 9.18. The van der Waals surface area contributed by atoms with Gasteiger partial charge >= 0.3 is 6.09 Å². The van der Waals surface area contributed by atoms with Gasteiger partial charge in [-0.3, -0.25) is 0 Å². The van der Waals surface area contributed by atoms with E-state index in [0.717, 1.165) is 16.9 Å². The van der Waals surface area contributed by atoms with Gasteiger partial charge in [-0.2, -0.15) is 10.2 Å². The lowest BCUT2D eigenvalue weighted by atomic mass is 9.96. The Hall–Kier alpha value is -3.56. The molecule has 5 heterocycles. The summed E-state index contributed by atoms with van der Waals surface area (Å²) in [6.07, 6.45) is 4.68. The van der Waals surface area contributed by atoms with Crippen LogP contribution >= 0.6 is 0 Å². The zero-order valence-electron chi connectivity index (χ0n) is 20.0. The Morgan fingerprint density at radius 1 is 1.03 bits per heavy atom. The minimum atomic E-state index is -0.527. The molecule has 0 N–H and O–H groups in total. The van der Waals surface area contributed by atoms with Gasteiger partial charge in [0.05, 0.1) is 17.6 Å². The van der Waals surface area contributed by atoms with Crippen LogP contribution in [0.2, 0.25) is 0 Å². The highest BCUT2D eigenvalue weighted by Crippen LogP contribution is 2.29. The maximum Gasteiger partial charge on any atom is 0.410 e. The van der Waals surface area contributed by atoms with Crippen LogP contribution in [0, 0.1) is 19.7 Å². The molecule has 34 heavy (non-hydrogen) atoms. The van der Waals surface area contributed by atoms with E-state index in [1.165, 1.54) is 10.6 Å². The summed E-state index contributed by atoms with van der Waals surface area (Å²) in [4.78, 5) is 23.0. The summed E-state index contributed by atoms with van der Waals surface area (Å²) in [6, 6.07) is 3.34. The standard InChI is InChI=1S/C24H28FN7O2/c1-14-10-19(28-31-12-15(2)26-21(14)31)17-11-18(25)22-27-20(29-32(22)13-17)16-6-8-30(9-7-16)23(33)34-24(3,4)5/h10-13,16H,6-9H2,1-5H3. The summed E-state index contributed by atoms with van der Waals surface area (Å²) in [6.45, 7) is 10.5. The molecule has 5 rings (SSSR count). The SMILES string of the molecule is Cc1cn2nc(-c3cc(F)c4nc(C5CCN(C(=O)OC(C)(C)C)CC5)nn4c3)cc(C)c2n1. The summed E-state index contributed by atoms with van der Waals surface area (Å²) in [7, 11) is 0. The van der Waals surface area contributed by atoms with Crippen LogP contribution in [0.5, 0.6) is 0 Å². The number of hydrogen-bond donors (Lipinski definition) is 0. The molecule has 1 fully saturated rings. The molecule has 4 aromatic rings. The van der Waals surface area contributed by atoms with Gasteiger partial charge in [0.25, 0.3) is 0 Å². The summed E-state index contributed by atoms with van der Waals surface area (Å²) >= 11 is 0. The van der Waals surface area contributed by atoms with E-state index in [9.17, 15) is 4.79 Å². The lowest BCUT2D eigenvalue weighted by Gasteiger charge is -2.32. The smallest absolute Gasteiger partial charge is 0.410 e. The van der Waals surface area contributed by atoms with E-state index >= 15 is 4.39 Å². The molecule has 1 aliphatic rings. The van der Waals surface area contributed by atoms with Gasteiger partial charge in [-0.15, -0.1) is 0 Å². The van der Waals surface area contributed by atoms with Gasteiger partial charge in [0.2, 0.25) is 0 Å². The molecule has 1 saturated heterocycles. The van der Waals surface area contributed by atoms with Crippen molar-refractivity contribution in [2.24, 2.45) is 0 Å². The first-order valence-corrected chi connectivity index (χ1v) is 11.4. The van der Waals surface area contributed by atoms with E-state index in [1.807, 2.05) is 46.9 Å². The normalized spacial score (nSPS) is 15.4. The van der Waals surface area contributed by atoms with Gasteiger partial charge in [-0.1, -0.05) is 0 Å². The van der Waals surface area contributed by atoms with Gasteiger partial charge in [0, 0.05) is 30.8 Å². The van der Waals surface area contributed by atoms with Crippen LogP contribution in [0.3, 0.4) is 0 Å². The van der Waals surface area contributed by atoms with Crippen molar-refractivity contribution in [2.75, 3.05) is 13.1 Å². The highest BCUT2D eigenvalue weighted by atomic mass is 19.1. The van der Waals surface area contributed by atoms with Gasteiger partial charge in [-0.05, 0) is 65.2 Å². The third-order valence-electron chi connectivity index (χ3n) is 5.94. The van der Waals surface area contributed by atoms with Crippen molar-refractivity contribution in [1.82, 2.24) is 34.1 Å². The van der Waals surface area contributed by atoms with Crippen LogP contribution in [0.4, 0.5) is 9.18 Å².